The van der Waals surface area contributed by atoms with Gasteiger partial charge >= 0.3 is 0 Å². The summed E-state index contributed by atoms with van der Waals surface area (Å²) < 4.78 is 0. The van der Waals surface area contributed by atoms with Gasteiger partial charge in [-0.3, -0.25) is 0 Å². The van der Waals surface area contributed by atoms with Crippen molar-refractivity contribution in [1.29, 1.82) is 0 Å². The highest BCUT2D eigenvalue weighted by Gasteiger charge is 2.15. The van der Waals surface area contributed by atoms with Crippen molar-refractivity contribution in [2.75, 3.05) is 36.8 Å². The zero-order valence-electron chi connectivity index (χ0n) is 9.30. The van der Waals surface area contributed by atoms with Gasteiger partial charge in [-0.1, -0.05) is 0 Å². The lowest BCUT2D eigenvalue weighted by atomic mass is 10.3. The summed E-state index contributed by atoms with van der Waals surface area (Å²) >= 11 is 0. The third kappa shape index (κ3) is 1.84. The van der Waals surface area contributed by atoms with E-state index in [1.165, 1.54) is 6.33 Å². The first kappa shape index (κ1) is 10.2. The molecule has 0 atom stereocenters. The smallest absolute Gasteiger partial charge is 0.228 e. The maximum Gasteiger partial charge on any atom is 0.228 e. The number of rotatable bonds is 1. The first-order chi connectivity index (χ1) is 8.34. The van der Waals surface area contributed by atoms with Crippen molar-refractivity contribution < 1.29 is 0 Å². The maximum absolute atomic E-state index is 5.88. The maximum atomic E-state index is 5.88. The van der Waals surface area contributed by atoms with Gasteiger partial charge in [-0.2, -0.15) is 4.98 Å². The van der Waals surface area contributed by atoms with E-state index in [-0.39, 0.29) is 0 Å². The van der Waals surface area contributed by atoms with Crippen LogP contribution in [-0.4, -0.2) is 46.1 Å². The Hall–Kier alpha value is -2.02. The molecule has 1 saturated heterocycles. The highest BCUT2D eigenvalue weighted by molar-refractivity contribution is 5.84. The number of nitrogen functional groups attached to an aromatic ring is 1. The SMILES string of the molecule is Nc1nc(N2CCNCC2)nc2cncnc12. The van der Waals surface area contributed by atoms with Crippen LogP contribution >= 0.6 is 0 Å². The molecule has 0 aromatic carbocycles. The molecule has 1 aliphatic rings. The number of hydrogen-bond donors (Lipinski definition) is 2. The standard InChI is InChI=1S/C10H13N7/c11-9-8-7(5-13-6-14-8)15-10(16-9)17-3-1-12-2-4-17/h5-6,12H,1-4H2,(H2,11,15,16). The summed E-state index contributed by atoms with van der Waals surface area (Å²) in [5.74, 6) is 1.07. The van der Waals surface area contributed by atoms with Gasteiger partial charge in [0.05, 0.1) is 6.20 Å². The summed E-state index contributed by atoms with van der Waals surface area (Å²) in [5.41, 5.74) is 7.18. The molecular weight excluding hydrogens is 218 g/mol. The molecule has 2 aromatic rings. The Morgan fingerprint density at radius 1 is 1.24 bits per heavy atom. The lowest BCUT2D eigenvalue weighted by Gasteiger charge is -2.27. The fourth-order valence-corrected chi connectivity index (χ4v) is 1.90. The molecule has 0 radical (unpaired) electrons. The van der Waals surface area contributed by atoms with E-state index < -0.39 is 0 Å². The molecule has 17 heavy (non-hydrogen) atoms. The van der Waals surface area contributed by atoms with Gasteiger partial charge in [-0.15, -0.1) is 0 Å². The number of aromatic nitrogens is 4. The van der Waals surface area contributed by atoms with Crippen molar-refractivity contribution in [3.63, 3.8) is 0 Å². The molecule has 0 saturated carbocycles. The quantitative estimate of drug-likeness (QED) is 0.677. The van der Waals surface area contributed by atoms with Crippen LogP contribution in [0.5, 0.6) is 0 Å². The second kappa shape index (κ2) is 4.10. The number of nitrogens with one attached hydrogen (secondary N) is 1. The van der Waals surface area contributed by atoms with Gasteiger partial charge in [0.25, 0.3) is 0 Å². The molecule has 3 N–H and O–H groups in total. The summed E-state index contributed by atoms with van der Waals surface area (Å²) in [5, 5.41) is 3.28. The first-order valence-electron chi connectivity index (χ1n) is 5.53. The fraction of sp³-hybridized carbons (Fsp3) is 0.400. The Morgan fingerprint density at radius 2 is 2.06 bits per heavy atom. The van der Waals surface area contributed by atoms with Crippen LogP contribution in [0.25, 0.3) is 11.0 Å². The number of nitrogens with two attached hydrogens (primary N) is 1. The molecule has 0 aliphatic carbocycles. The zero-order chi connectivity index (χ0) is 11.7. The van der Waals surface area contributed by atoms with Gasteiger partial charge in [0.15, 0.2) is 5.82 Å². The van der Waals surface area contributed by atoms with Crippen LogP contribution < -0.4 is 16.0 Å². The minimum absolute atomic E-state index is 0.408. The van der Waals surface area contributed by atoms with Crippen LogP contribution in [0, 0.1) is 0 Å². The zero-order valence-corrected chi connectivity index (χ0v) is 9.30. The van der Waals surface area contributed by atoms with E-state index in [9.17, 15) is 0 Å². The molecule has 0 unspecified atom stereocenters. The predicted octanol–water partition coefficient (Wildman–Crippen LogP) is -0.588. The van der Waals surface area contributed by atoms with Crippen LogP contribution in [-0.2, 0) is 0 Å². The van der Waals surface area contributed by atoms with Gasteiger partial charge in [0.1, 0.15) is 17.4 Å². The van der Waals surface area contributed by atoms with E-state index in [4.69, 9.17) is 5.73 Å². The van der Waals surface area contributed by atoms with Crippen LogP contribution in [0.1, 0.15) is 0 Å². The third-order valence-corrected chi connectivity index (χ3v) is 2.78. The van der Waals surface area contributed by atoms with E-state index in [1.807, 2.05) is 0 Å². The van der Waals surface area contributed by atoms with Gasteiger partial charge in [-0.25, -0.2) is 15.0 Å². The van der Waals surface area contributed by atoms with E-state index in [0.29, 0.717) is 22.8 Å². The Kier molecular flexibility index (Phi) is 2.45. The lowest BCUT2D eigenvalue weighted by Crippen LogP contribution is -2.44. The summed E-state index contributed by atoms with van der Waals surface area (Å²) in [6.07, 6.45) is 3.11. The normalized spacial score (nSPS) is 16.4. The van der Waals surface area contributed by atoms with Gasteiger partial charge < -0.3 is 16.0 Å². The molecule has 7 heteroatoms. The van der Waals surface area contributed by atoms with Crippen molar-refractivity contribution in [2.45, 2.75) is 0 Å². The minimum Gasteiger partial charge on any atom is -0.382 e. The van der Waals surface area contributed by atoms with E-state index in [2.05, 4.69) is 30.2 Å². The molecule has 3 heterocycles. The molecule has 3 rings (SSSR count). The second-order valence-corrected chi connectivity index (χ2v) is 3.90. The fourth-order valence-electron chi connectivity index (χ4n) is 1.90. The van der Waals surface area contributed by atoms with E-state index in [1.54, 1.807) is 6.20 Å². The topological polar surface area (TPSA) is 92.8 Å². The van der Waals surface area contributed by atoms with E-state index in [0.717, 1.165) is 26.2 Å². The van der Waals surface area contributed by atoms with Crippen molar-refractivity contribution in [3.05, 3.63) is 12.5 Å². The van der Waals surface area contributed by atoms with Gasteiger partial charge in [0, 0.05) is 26.2 Å². The Balaban J connectivity index is 2.05. The molecule has 2 aromatic heterocycles. The van der Waals surface area contributed by atoms with Crippen molar-refractivity contribution in [3.8, 4) is 0 Å². The average molecular weight is 231 g/mol. The summed E-state index contributed by atoms with van der Waals surface area (Å²) in [6, 6.07) is 0. The molecule has 7 nitrogen and oxygen atoms in total. The van der Waals surface area contributed by atoms with Crippen molar-refractivity contribution in [1.82, 2.24) is 25.3 Å². The van der Waals surface area contributed by atoms with Crippen LogP contribution in [0.2, 0.25) is 0 Å². The molecule has 1 fully saturated rings. The number of fused-ring (bicyclic) bond motifs is 1. The molecule has 0 bridgehead atoms. The highest BCUT2D eigenvalue weighted by Crippen LogP contribution is 2.18. The first-order valence-corrected chi connectivity index (χ1v) is 5.53. The monoisotopic (exact) mass is 231 g/mol. The third-order valence-electron chi connectivity index (χ3n) is 2.78. The largest absolute Gasteiger partial charge is 0.382 e. The molecule has 1 aliphatic heterocycles. The molecule has 88 valence electrons. The molecule has 0 amide bonds. The number of nitrogens with zero attached hydrogens (tertiary/aromatic N) is 5. The van der Waals surface area contributed by atoms with E-state index >= 15 is 0 Å². The van der Waals surface area contributed by atoms with Crippen molar-refractivity contribution >= 4 is 22.8 Å². The average Bonchev–Trinajstić information content (AvgIpc) is 2.40. The predicted molar refractivity (Wildman–Crippen MR) is 64.6 cm³/mol. The van der Waals surface area contributed by atoms with Gasteiger partial charge in [0.2, 0.25) is 5.95 Å². The summed E-state index contributed by atoms with van der Waals surface area (Å²) in [7, 11) is 0. The second-order valence-electron chi connectivity index (χ2n) is 3.90. The minimum atomic E-state index is 0.408. The van der Waals surface area contributed by atoms with Crippen LogP contribution in [0.4, 0.5) is 11.8 Å². The summed E-state index contributed by atoms with van der Waals surface area (Å²) in [4.78, 5) is 18.9. The Bertz CT molecular complexity index is 535. The number of piperazine rings is 1. The number of hydrogen-bond acceptors (Lipinski definition) is 7. The lowest BCUT2D eigenvalue weighted by molar-refractivity contribution is 0.581. The Morgan fingerprint density at radius 3 is 2.88 bits per heavy atom. The number of anilines is 2. The van der Waals surface area contributed by atoms with Crippen molar-refractivity contribution in [2.24, 2.45) is 0 Å². The van der Waals surface area contributed by atoms with Crippen LogP contribution in [0.3, 0.4) is 0 Å². The Labute approximate surface area is 98.1 Å². The summed E-state index contributed by atoms with van der Waals surface area (Å²) in [6.45, 7) is 3.65. The highest BCUT2D eigenvalue weighted by atomic mass is 15.3. The molecule has 0 spiro atoms. The van der Waals surface area contributed by atoms with Crippen LogP contribution in [0.15, 0.2) is 12.5 Å². The molecular formula is C10H13N7. The van der Waals surface area contributed by atoms with Gasteiger partial charge in [-0.05, 0) is 0 Å².